The standard InChI is InChI=1S/C20H21N3O4/c21-18(24)11-23-19(25)14-7-5-13(6-8-14)10-22-20(26)16-9-15-3-1-2-4-17(15)27-12-16/h1-8,16H,9-12H2,(H2,21,24)(H,22,26)(H,23,25). The smallest absolute Gasteiger partial charge is 0.251 e. The van der Waals surface area contributed by atoms with Crippen molar-refractivity contribution < 1.29 is 19.1 Å². The van der Waals surface area contributed by atoms with Crippen LogP contribution < -0.4 is 21.1 Å². The zero-order valence-corrected chi connectivity index (χ0v) is 14.7. The summed E-state index contributed by atoms with van der Waals surface area (Å²) < 4.78 is 5.65. The molecule has 2 aromatic carbocycles. The highest BCUT2D eigenvalue weighted by Crippen LogP contribution is 2.26. The number of fused-ring (bicyclic) bond motifs is 1. The van der Waals surface area contributed by atoms with Crippen molar-refractivity contribution >= 4 is 17.7 Å². The van der Waals surface area contributed by atoms with Crippen LogP contribution in [-0.2, 0) is 22.6 Å². The number of rotatable bonds is 6. The summed E-state index contributed by atoms with van der Waals surface area (Å²) in [4.78, 5) is 34.9. The fourth-order valence-corrected chi connectivity index (χ4v) is 2.87. The van der Waals surface area contributed by atoms with Crippen LogP contribution in [-0.4, -0.2) is 30.9 Å². The van der Waals surface area contributed by atoms with E-state index >= 15 is 0 Å². The van der Waals surface area contributed by atoms with Crippen molar-refractivity contribution in [3.05, 3.63) is 65.2 Å². The minimum Gasteiger partial charge on any atom is -0.492 e. The number of nitrogens with one attached hydrogen (secondary N) is 2. The van der Waals surface area contributed by atoms with Crippen LogP contribution in [0.5, 0.6) is 5.75 Å². The quantitative estimate of drug-likeness (QED) is 0.700. The van der Waals surface area contributed by atoms with Gasteiger partial charge in [-0.1, -0.05) is 30.3 Å². The van der Waals surface area contributed by atoms with Crippen molar-refractivity contribution in [3.63, 3.8) is 0 Å². The second kappa shape index (κ2) is 8.35. The molecule has 1 heterocycles. The summed E-state index contributed by atoms with van der Waals surface area (Å²) in [7, 11) is 0. The van der Waals surface area contributed by atoms with E-state index in [4.69, 9.17) is 10.5 Å². The fourth-order valence-electron chi connectivity index (χ4n) is 2.87. The highest BCUT2D eigenvalue weighted by atomic mass is 16.5. The molecule has 0 fully saturated rings. The monoisotopic (exact) mass is 367 g/mol. The number of hydrogen-bond acceptors (Lipinski definition) is 4. The molecule has 27 heavy (non-hydrogen) atoms. The van der Waals surface area contributed by atoms with E-state index in [1.54, 1.807) is 24.3 Å². The fraction of sp³-hybridized carbons (Fsp3) is 0.250. The highest BCUT2D eigenvalue weighted by molar-refractivity contribution is 5.96. The molecule has 4 N–H and O–H groups in total. The van der Waals surface area contributed by atoms with Crippen molar-refractivity contribution in [2.24, 2.45) is 11.7 Å². The molecule has 1 aliphatic rings. The van der Waals surface area contributed by atoms with Crippen LogP contribution >= 0.6 is 0 Å². The Morgan fingerprint density at radius 1 is 1.04 bits per heavy atom. The predicted octanol–water partition coefficient (Wildman–Crippen LogP) is 0.769. The topological polar surface area (TPSA) is 111 Å². The Hall–Kier alpha value is -3.35. The minimum atomic E-state index is -0.600. The summed E-state index contributed by atoms with van der Waals surface area (Å²) in [6, 6.07) is 14.5. The van der Waals surface area contributed by atoms with Crippen LogP contribution in [0.1, 0.15) is 21.5 Å². The first-order chi connectivity index (χ1) is 13.0. The van der Waals surface area contributed by atoms with Crippen LogP contribution in [0.2, 0.25) is 0 Å². The molecule has 0 aliphatic carbocycles. The summed E-state index contributed by atoms with van der Waals surface area (Å²) in [5.74, 6) is -0.419. The molecule has 140 valence electrons. The van der Waals surface area contributed by atoms with Crippen molar-refractivity contribution in [3.8, 4) is 5.75 Å². The SMILES string of the molecule is NC(=O)CNC(=O)c1ccc(CNC(=O)C2COc3ccccc3C2)cc1. The lowest BCUT2D eigenvalue weighted by molar-refractivity contribution is -0.126. The summed E-state index contributed by atoms with van der Waals surface area (Å²) in [6.45, 7) is 0.519. The molecule has 0 radical (unpaired) electrons. The normalized spacial score (nSPS) is 15.2. The van der Waals surface area contributed by atoms with Gasteiger partial charge < -0.3 is 21.1 Å². The number of ether oxygens (including phenoxy) is 1. The number of amides is 3. The van der Waals surface area contributed by atoms with Gasteiger partial charge in [-0.25, -0.2) is 0 Å². The van der Waals surface area contributed by atoms with Gasteiger partial charge in [0.2, 0.25) is 11.8 Å². The Morgan fingerprint density at radius 2 is 1.78 bits per heavy atom. The first kappa shape index (κ1) is 18.4. The van der Waals surface area contributed by atoms with Gasteiger partial charge in [0.05, 0.1) is 12.5 Å². The van der Waals surface area contributed by atoms with E-state index in [0.717, 1.165) is 16.9 Å². The van der Waals surface area contributed by atoms with Gasteiger partial charge in [0.15, 0.2) is 0 Å². The lowest BCUT2D eigenvalue weighted by atomic mass is 9.96. The number of carbonyl (C=O) groups excluding carboxylic acids is 3. The maximum atomic E-state index is 12.4. The second-order valence-electron chi connectivity index (χ2n) is 6.38. The molecule has 3 amide bonds. The summed E-state index contributed by atoms with van der Waals surface area (Å²) >= 11 is 0. The van der Waals surface area contributed by atoms with Crippen molar-refractivity contribution in [2.45, 2.75) is 13.0 Å². The molecule has 0 bridgehead atoms. The molecular weight excluding hydrogens is 346 g/mol. The Morgan fingerprint density at radius 3 is 2.52 bits per heavy atom. The van der Waals surface area contributed by atoms with E-state index < -0.39 is 5.91 Å². The number of benzene rings is 2. The second-order valence-corrected chi connectivity index (χ2v) is 6.38. The van der Waals surface area contributed by atoms with Crippen LogP contribution in [0.15, 0.2) is 48.5 Å². The molecule has 7 heteroatoms. The number of nitrogens with two attached hydrogens (primary N) is 1. The maximum Gasteiger partial charge on any atom is 0.251 e. The average Bonchev–Trinajstić information content (AvgIpc) is 2.70. The first-order valence-corrected chi connectivity index (χ1v) is 8.67. The van der Waals surface area contributed by atoms with Crippen LogP contribution in [0.25, 0.3) is 0 Å². The zero-order chi connectivity index (χ0) is 19.2. The van der Waals surface area contributed by atoms with E-state index in [1.165, 1.54) is 0 Å². The molecule has 0 saturated carbocycles. The average molecular weight is 367 g/mol. The zero-order valence-electron chi connectivity index (χ0n) is 14.7. The van der Waals surface area contributed by atoms with Gasteiger partial charge in [0.1, 0.15) is 12.4 Å². The maximum absolute atomic E-state index is 12.4. The Labute approximate surface area is 156 Å². The molecule has 7 nitrogen and oxygen atoms in total. The third-order valence-electron chi connectivity index (χ3n) is 4.36. The van der Waals surface area contributed by atoms with E-state index in [-0.39, 0.29) is 24.3 Å². The minimum absolute atomic E-state index is 0.0622. The Kier molecular flexibility index (Phi) is 5.71. The molecule has 1 unspecified atom stereocenters. The van der Waals surface area contributed by atoms with Gasteiger partial charge in [0.25, 0.3) is 5.91 Å². The van der Waals surface area contributed by atoms with Crippen molar-refractivity contribution in [1.82, 2.24) is 10.6 Å². The van der Waals surface area contributed by atoms with Crippen LogP contribution in [0.3, 0.4) is 0 Å². The lowest BCUT2D eigenvalue weighted by Crippen LogP contribution is -2.37. The van der Waals surface area contributed by atoms with Gasteiger partial charge in [-0.2, -0.15) is 0 Å². The third-order valence-corrected chi connectivity index (χ3v) is 4.36. The molecule has 1 atom stereocenters. The van der Waals surface area contributed by atoms with Gasteiger partial charge in [-0.05, 0) is 35.7 Å². The molecule has 0 spiro atoms. The lowest BCUT2D eigenvalue weighted by Gasteiger charge is -2.24. The van der Waals surface area contributed by atoms with Gasteiger partial charge in [0, 0.05) is 12.1 Å². The molecule has 3 rings (SSSR count). The van der Waals surface area contributed by atoms with Crippen LogP contribution in [0.4, 0.5) is 0 Å². The third kappa shape index (κ3) is 4.84. The van der Waals surface area contributed by atoms with E-state index in [0.29, 0.717) is 25.1 Å². The molecule has 0 aromatic heterocycles. The van der Waals surface area contributed by atoms with Crippen molar-refractivity contribution in [1.29, 1.82) is 0 Å². The van der Waals surface area contributed by atoms with Gasteiger partial charge in [-0.3, -0.25) is 14.4 Å². The number of para-hydroxylation sites is 1. The summed E-state index contributed by atoms with van der Waals surface area (Å²) in [6.07, 6.45) is 0.654. The number of carbonyl (C=O) groups is 3. The van der Waals surface area contributed by atoms with E-state index in [1.807, 2.05) is 24.3 Å². The Bertz CT molecular complexity index is 849. The van der Waals surface area contributed by atoms with Gasteiger partial charge in [-0.15, -0.1) is 0 Å². The molecule has 2 aromatic rings. The van der Waals surface area contributed by atoms with Crippen molar-refractivity contribution in [2.75, 3.05) is 13.2 Å². The number of primary amides is 1. The number of hydrogen-bond donors (Lipinski definition) is 3. The molecular formula is C20H21N3O4. The van der Waals surface area contributed by atoms with E-state index in [2.05, 4.69) is 10.6 Å². The first-order valence-electron chi connectivity index (χ1n) is 8.67. The van der Waals surface area contributed by atoms with Gasteiger partial charge >= 0.3 is 0 Å². The summed E-state index contributed by atoms with van der Waals surface area (Å²) in [5, 5.41) is 5.33. The van der Waals surface area contributed by atoms with E-state index in [9.17, 15) is 14.4 Å². The van der Waals surface area contributed by atoms with Crippen LogP contribution in [0, 0.1) is 5.92 Å². The Balaban J connectivity index is 1.51. The molecule has 0 saturated heterocycles. The predicted molar refractivity (Wildman–Crippen MR) is 98.9 cm³/mol. The highest BCUT2D eigenvalue weighted by Gasteiger charge is 2.25. The molecule has 1 aliphatic heterocycles. The summed E-state index contributed by atoms with van der Waals surface area (Å²) in [5.41, 5.74) is 7.32. The largest absolute Gasteiger partial charge is 0.492 e.